The number of benzene rings is 1. The second-order valence-electron chi connectivity index (χ2n) is 5.85. The topological polar surface area (TPSA) is 41.5 Å². The number of aromatic nitrogens is 2. The largest absolute Gasteiger partial charge is 0.497 e. The van der Waals surface area contributed by atoms with E-state index in [0.29, 0.717) is 13.1 Å². The van der Waals surface area contributed by atoms with Crippen molar-refractivity contribution in [1.29, 1.82) is 0 Å². The third kappa shape index (κ3) is 4.39. The highest BCUT2D eigenvalue weighted by Gasteiger charge is 2.33. The van der Waals surface area contributed by atoms with Crippen molar-refractivity contribution in [1.82, 2.24) is 14.9 Å². The maximum atomic E-state index is 12.8. The molecule has 1 aromatic carbocycles. The normalized spacial score (nSPS) is 16.1. The summed E-state index contributed by atoms with van der Waals surface area (Å²) in [6, 6.07) is 8.75. The van der Waals surface area contributed by atoms with Gasteiger partial charge in [-0.2, -0.15) is 13.2 Å². The monoisotopic (exact) mass is 352 g/mol. The van der Waals surface area contributed by atoms with Crippen LogP contribution in [-0.2, 0) is 12.7 Å². The first-order valence-electron chi connectivity index (χ1n) is 7.96. The van der Waals surface area contributed by atoms with E-state index >= 15 is 0 Å². The lowest BCUT2D eigenvalue weighted by Gasteiger charge is -2.34. The summed E-state index contributed by atoms with van der Waals surface area (Å²) in [6.07, 6.45) is -3.29. The number of alkyl halides is 3. The van der Waals surface area contributed by atoms with Crippen molar-refractivity contribution in [3.63, 3.8) is 0 Å². The number of hydrogen-bond acceptors (Lipinski definition) is 5. The van der Waals surface area contributed by atoms with Gasteiger partial charge in [0.1, 0.15) is 11.4 Å². The minimum Gasteiger partial charge on any atom is -0.497 e. The quantitative estimate of drug-likeness (QED) is 0.846. The molecule has 0 amide bonds. The maximum Gasteiger partial charge on any atom is 0.433 e. The fraction of sp³-hybridized carbons (Fsp3) is 0.412. The van der Waals surface area contributed by atoms with Gasteiger partial charge in [-0.25, -0.2) is 9.97 Å². The molecule has 1 saturated heterocycles. The highest BCUT2D eigenvalue weighted by molar-refractivity contribution is 5.32. The van der Waals surface area contributed by atoms with Crippen LogP contribution in [0.1, 0.15) is 11.3 Å². The van der Waals surface area contributed by atoms with E-state index in [9.17, 15) is 13.2 Å². The van der Waals surface area contributed by atoms with Gasteiger partial charge >= 0.3 is 6.18 Å². The Labute approximate surface area is 144 Å². The fourth-order valence-electron chi connectivity index (χ4n) is 2.79. The maximum absolute atomic E-state index is 12.8. The molecule has 1 aliphatic rings. The van der Waals surface area contributed by atoms with Crippen LogP contribution in [0.2, 0.25) is 0 Å². The second-order valence-corrected chi connectivity index (χ2v) is 5.85. The molecule has 134 valence electrons. The molecule has 0 saturated carbocycles. The SMILES string of the molecule is COc1cccc(CN2CCN(c3nccc(C(F)(F)F)n3)CC2)c1. The first-order chi connectivity index (χ1) is 12.0. The Morgan fingerprint density at radius 2 is 1.88 bits per heavy atom. The van der Waals surface area contributed by atoms with Crippen molar-refractivity contribution in [2.24, 2.45) is 0 Å². The molecule has 0 spiro atoms. The van der Waals surface area contributed by atoms with Crippen molar-refractivity contribution in [2.45, 2.75) is 12.7 Å². The van der Waals surface area contributed by atoms with Crippen LogP contribution in [0.25, 0.3) is 0 Å². The lowest BCUT2D eigenvalue weighted by molar-refractivity contribution is -0.141. The molecule has 1 aliphatic heterocycles. The van der Waals surface area contributed by atoms with Crippen LogP contribution in [0.15, 0.2) is 36.5 Å². The fourth-order valence-corrected chi connectivity index (χ4v) is 2.79. The van der Waals surface area contributed by atoms with Crippen LogP contribution in [-0.4, -0.2) is 48.2 Å². The summed E-state index contributed by atoms with van der Waals surface area (Å²) in [6.45, 7) is 3.42. The Hall–Kier alpha value is -2.35. The van der Waals surface area contributed by atoms with E-state index in [2.05, 4.69) is 14.9 Å². The van der Waals surface area contributed by atoms with E-state index in [-0.39, 0.29) is 5.95 Å². The van der Waals surface area contributed by atoms with Gasteiger partial charge in [0.2, 0.25) is 5.95 Å². The van der Waals surface area contributed by atoms with Crippen molar-refractivity contribution < 1.29 is 17.9 Å². The summed E-state index contributed by atoms with van der Waals surface area (Å²) in [5.74, 6) is 0.948. The minimum atomic E-state index is -4.45. The first kappa shape index (κ1) is 17.5. The average molecular weight is 352 g/mol. The predicted octanol–water partition coefficient (Wildman–Crippen LogP) is 2.83. The lowest BCUT2D eigenvalue weighted by atomic mass is 10.2. The highest BCUT2D eigenvalue weighted by atomic mass is 19.4. The molecule has 0 unspecified atom stereocenters. The number of hydrogen-bond donors (Lipinski definition) is 0. The Morgan fingerprint density at radius 1 is 1.12 bits per heavy atom. The Morgan fingerprint density at radius 3 is 2.56 bits per heavy atom. The van der Waals surface area contributed by atoms with Gasteiger partial charge in [0, 0.05) is 38.9 Å². The van der Waals surface area contributed by atoms with Crippen molar-refractivity contribution in [3.05, 3.63) is 47.8 Å². The number of nitrogens with zero attached hydrogens (tertiary/aromatic N) is 4. The lowest BCUT2D eigenvalue weighted by Crippen LogP contribution is -2.46. The molecule has 1 aromatic heterocycles. The van der Waals surface area contributed by atoms with Crippen LogP contribution in [0.5, 0.6) is 5.75 Å². The van der Waals surface area contributed by atoms with Gasteiger partial charge in [0.05, 0.1) is 7.11 Å². The number of methoxy groups -OCH3 is 1. The van der Waals surface area contributed by atoms with E-state index < -0.39 is 11.9 Å². The molecule has 0 N–H and O–H groups in total. The van der Waals surface area contributed by atoms with Gasteiger partial charge in [-0.15, -0.1) is 0 Å². The van der Waals surface area contributed by atoms with Gasteiger partial charge in [-0.1, -0.05) is 12.1 Å². The number of rotatable bonds is 4. The molecule has 0 aliphatic carbocycles. The minimum absolute atomic E-state index is 0.135. The van der Waals surface area contributed by atoms with Gasteiger partial charge in [-0.3, -0.25) is 4.90 Å². The molecule has 5 nitrogen and oxygen atoms in total. The summed E-state index contributed by atoms with van der Waals surface area (Å²) < 4.78 is 43.5. The average Bonchev–Trinajstić information content (AvgIpc) is 2.62. The van der Waals surface area contributed by atoms with E-state index in [0.717, 1.165) is 43.2 Å². The van der Waals surface area contributed by atoms with Crippen molar-refractivity contribution in [3.8, 4) is 5.75 Å². The van der Waals surface area contributed by atoms with Crippen LogP contribution < -0.4 is 9.64 Å². The Kier molecular flexibility index (Phi) is 5.08. The smallest absolute Gasteiger partial charge is 0.433 e. The molecule has 3 rings (SSSR count). The molecule has 0 bridgehead atoms. The van der Waals surface area contributed by atoms with Crippen molar-refractivity contribution >= 4 is 5.95 Å². The zero-order valence-corrected chi connectivity index (χ0v) is 13.8. The van der Waals surface area contributed by atoms with Gasteiger partial charge < -0.3 is 9.64 Å². The highest BCUT2D eigenvalue weighted by Crippen LogP contribution is 2.28. The standard InChI is InChI=1S/C17H19F3N4O/c1-25-14-4-2-3-13(11-14)12-23-7-9-24(10-8-23)16-21-6-5-15(22-16)17(18,19)20/h2-6,11H,7-10,12H2,1H3. The Bertz CT molecular complexity index is 715. The number of anilines is 1. The molecule has 8 heteroatoms. The summed E-state index contributed by atoms with van der Waals surface area (Å²) in [7, 11) is 1.63. The zero-order valence-electron chi connectivity index (χ0n) is 13.8. The van der Waals surface area contributed by atoms with Crippen LogP contribution >= 0.6 is 0 Å². The summed E-state index contributed by atoms with van der Waals surface area (Å²) in [4.78, 5) is 11.7. The third-order valence-corrected chi connectivity index (χ3v) is 4.13. The number of ether oxygens (including phenoxy) is 1. The molecular weight excluding hydrogens is 333 g/mol. The van der Waals surface area contributed by atoms with Gasteiger partial charge in [0.15, 0.2) is 0 Å². The predicted molar refractivity (Wildman–Crippen MR) is 87.5 cm³/mol. The molecule has 25 heavy (non-hydrogen) atoms. The second kappa shape index (κ2) is 7.26. The summed E-state index contributed by atoms with van der Waals surface area (Å²) in [5.41, 5.74) is 0.236. The van der Waals surface area contributed by atoms with Crippen LogP contribution in [0, 0.1) is 0 Å². The molecule has 0 atom stereocenters. The number of halogens is 3. The van der Waals surface area contributed by atoms with E-state index in [1.807, 2.05) is 24.3 Å². The molecule has 2 aromatic rings. The van der Waals surface area contributed by atoms with Gasteiger partial charge in [-0.05, 0) is 23.8 Å². The van der Waals surface area contributed by atoms with E-state index in [1.54, 1.807) is 12.0 Å². The summed E-state index contributed by atoms with van der Waals surface area (Å²) in [5, 5.41) is 0. The van der Waals surface area contributed by atoms with Crippen molar-refractivity contribution in [2.75, 3.05) is 38.2 Å². The molecule has 0 radical (unpaired) electrons. The first-order valence-corrected chi connectivity index (χ1v) is 7.96. The van der Waals surface area contributed by atoms with E-state index in [4.69, 9.17) is 4.74 Å². The summed E-state index contributed by atoms with van der Waals surface area (Å²) >= 11 is 0. The molecular formula is C17H19F3N4O. The molecule has 2 heterocycles. The molecule has 1 fully saturated rings. The third-order valence-electron chi connectivity index (χ3n) is 4.13. The van der Waals surface area contributed by atoms with Crippen LogP contribution in [0.3, 0.4) is 0 Å². The van der Waals surface area contributed by atoms with Crippen LogP contribution in [0.4, 0.5) is 19.1 Å². The zero-order chi connectivity index (χ0) is 17.9. The Balaban J connectivity index is 1.60. The van der Waals surface area contributed by atoms with Gasteiger partial charge in [0.25, 0.3) is 0 Å². The number of piperazine rings is 1. The van der Waals surface area contributed by atoms with E-state index in [1.165, 1.54) is 0 Å².